The summed E-state index contributed by atoms with van der Waals surface area (Å²) in [5.41, 5.74) is 0. The summed E-state index contributed by atoms with van der Waals surface area (Å²) < 4.78 is 17.6. The number of carbonyl (C=O) groups excluding carboxylic acids is 2. The highest BCUT2D eigenvalue weighted by molar-refractivity contribution is 5.77. The first-order chi connectivity index (χ1) is 9.22. The van der Waals surface area contributed by atoms with Crippen molar-refractivity contribution in [3.8, 4) is 0 Å². The number of esters is 1. The van der Waals surface area contributed by atoms with Gasteiger partial charge in [0.1, 0.15) is 6.17 Å². The van der Waals surface area contributed by atoms with Crippen LogP contribution < -0.4 is 5.32 Å². The van der Waals surface area contributed by atoms with Gasteiger partial charge in [0.05, 0.1) is 7.11 Å². The third-order valence-corrected chi connectivity index (χ3v) is 2.74. The molecule has 0 saturated heterocycles. The van der Waals surface area contributed by atoms with Gasteiger partial charge in [-0.15, -0.1) is 0 Å². The van der Waals surface area contributed by atoms with Crippen LogP contribution in [0, 0.1) is 0 Å². The Morgan fingerprint density at radius 3 is 2.40 bits per heavy atom. The van der Waals surface area contributed by atoms with Gasteiger partial charge in [0.2, 0.25) is 5.91 Å². The Morgan fingerprint density at radius 1 is 1.35 bits per heavy atom. The molecule has 20 heavy (non-hydrogen) atoms. The Balaban J connectivity index is 4.50. The molecule has 0 heterocycles. The zero-order chi connectivity index (χ0) is 15.8. The normalized spacial score (nSPS) is 14.5. The highest BCUT2D eigenvalue weighted by atomic mass is 19.1. The van der Waals surface area contributed by atoms with E-state index in [1.807, 2.05) is 0 Å². The second-order valence-corrected chi connectivity index (χ2v) is 4.59. The number of amides is 1. The number of ether oxygens (including phenoxy) is 1. The highest BCUT2D eigenvalue weighted by Crippen LogP contribution is 2.17. The zero-order valence-electron chi connectivity index (χ0n) is 11.6. The fraction of sp³-hybridized carbons (Fsp3) is 0.833. The summed E-state index contributed by atoms with van der Waals surface area (Å²) in [4.78, 5) is 22.1. The summed E-state index contributed by atoms with van der Waals surface area (Å²) in [7, 11) is 1.01. The summed E-state index contributed by atoms with van der Waals surface area (Å²) in [5, 5.41) is 30.0. The van der Waals surface area contributed by atoms with Crippen LogP contribution in [0.15, 0.2) is 0 Å². The Morgan fingerprint density at radius 2 is 1.95 bits per heavy atom. The molecule has 0 aliphatic carbocycles. The smallest absolute Gasteiger partial charge is 0.366 e. The number of hydrogen-bond donors (Lipinski definition) is 4. The van der Waals surface area contributed by atoms with Crippen molar-refractivity contribution in [2.45, 2.75) is 50.6 Å². The number of methoxy groups -OCH3 is 1. The Labute approximate surface area is 116 Å². The largest absolute Gasteiger partial charge is 0.465 e. The van der Waals surface area contributed by atoms with Crippen LogP contribution >= 0.6 is 0 Å². The zero-order valence-corrected chi connectivity index (χ0v) is 11.6. The molecular weight excluding hydrogens is 273 g/mol. The average Bonchev–Trinajstić information content (AvgIpc) is 2.34. The molecule has 0 rings (SSSR count). The fourth-order valence-electron chi connectivity index (χ4n) is 1.74. The number of hydrogen-bond acceptors (Lipinski definition) is 6. The molecule has 118 valence electrons. The van der Waals surface area contributed by atoms with Crippen LogP contribution in [0.3, 0.4) is 0 Å². The lowest BCUT2D eigenvalue weighted by atomic mass is 9.99. The van der Waals surface area contributed by atoms with Gasteiger partial charge < -0.3 is 25.4 Å². The van der Waals surface area contributed by atoms with E-state index < -0.39 is 36.3 Å². The van der Waals surface area contributed by atoms with Crippen molar-refractivity contribution in [1.82, 2.24) is 5.32 Å². The topological polar surface area (TPSA) is 116 Å². The van der Waals surface area contributed by atoms with Gasteiger partial charge >= 0.3 is 5.97 Å². The van der Waals surface area contributed by atoms with Crippen molar-refractivity contribution < 1.29 is 34.0 Å². The van der Waals surface area contributed by atoms with Crippen LogP contribution in [0.1, 0.15) is 32.6 Å². The van der Waals surface area contributed by atoms with Gasteiger partial charge in [-0.2, -0.15) is 0 Å². The highest BCUT2D eigenvalue weighted by Gasteiger charge is 2.35. The number of carbonyl (C=O) groups is 2. The Hall–Kier alpha value is -1.25. The molecule has 0 fully saturated rings. The number of halogens is 1. The summed E-state index contributed by atoms with van der Waals surface area (Å²) in [6.45, 7) is 0.928. The second-order valence-electron chi connectivity index (χ2n) is 4.59. The lowest BCUT2D eigenvalue weighted by Gasteiger charge is -2.24. The Bertz CT molecular complexity index is 323. The van der Waals surface area contributed by atoms with Crippen molar-refractivity contribution in [3.05, 3.63) is 0 Å². The molecule has 0 aliphatic rings. The first-order valence-electron chi connectivity index (χ1n) is 6.28. The van der Waals surface area contributed by atoms with E-state index in [-0.39, 0.29) is 25.9 Å². The van der Waals surface area contributed by atoms with Gasteiger partial charge in [-0.25, -0.2) is 9.18 Å². The monoisotopic (exact) mass is 295 g/mol. The van der Waals surface area contributed by atoms with Gasteiger partial charge in [-0.3, -0.25) is 4.79 Å². The van der Waals surface area contributed by atoms with Crippen LogP contribution in [0.5, 0.6) is 0 Å². The van der Waals surface area contributed by atoms with Crippen molar-refractivity contribution in [2.24, 2.45) is 0 Å². The number of aliphatic hydroxyl groups excluding tert-OH is 1. The van der Waals surface area contributed by atoms with Crippen LogP contribution in [-0.4, -0.2) is 58.9 Å². The molecule has 0 aliphatic heterocycles. The summed E-state index contributed by atoms with van der Waals surface area (Å²) in [6.07, 6.45) is -1.92. The molecule has 1 unspecified atom stereocenters. The minimum absolute atomic E-state index is 0.0203. The van der Waals surface area contributed by atoms with E-state index in [4.69, 9.17) is 5.11 Å². The van der Waals surface area contributed by atoms with Crippen molar-refractivity contribution in [1.29, 1.82) is 0 Å². The second kappa shape index (κ2) is 8.83. The quantitative estimate of drug-likeness (QED) is 0.328. The molecule has 7 nitrogen and oxygen atoms in total. The maximum atomic E-state index is 13.4. The van der Waals surface area contributed by atoms with Crippen molar-refractivity contribution >= 4 is 11.9 Å². The van der Waals surface area contributed by atoms with Crippen molar-refractivity contribution in [3.63, 3.8) is 0 Å². The molecule has 0 aromatic heterocycles. The molecule has 0 saturated carbocycles. The molecule has 0 spiro atoms. The van der Waals surface area contributed by atoms with Crippen LogP contribution in [0.2, 0.25) is 0 Å². The lowest BCUT2D eigenvalue weighted by Crippen LogP contribution is -2.42. The predicted octanol–water partition coefficient (Wildman–Crippen LogP) is -0.764. The van der Waals surface area contributed by atoms with Crippen LogP contribution in [0.4, 0.5) is 4.39 Å². The van der Waals surface area contributed by atoms with Crippen LogP contribution in [-0.2, 0) is 14.3 Å². The number of alkyl halides is 1. The SMILES string of the molecule is COC(=O)C(O)(O)CCC(C[C@H](F)CCO)NC(C)=O. The molecule has 0 bridgehead atoms. The fourth-order valence-corrected chi connectivity index (χ4v) is 1.74. The molecule has 0 aromatic carbocycles. The molecule has 0 aromatic rings. The third-order valence-electron chi connectivity index (χ3n) is 2.74. The van der Waals surface area contributed by atoms with Gasteiger partial charge in [0, 0.05) is 32.4 Å². The number of aliphatic hydroxyl groups is 3. The maximum absolute atomic E-state index is 13.4. The van der Waals surface area contributed by atoms with Gasteiger partial charge in [0.25, 0.3) is 5.79 Å². The summed E-state index contributed by atoms with van der Waals surface area (Å²) >= 11 is 0. The third kappa shape index (κ3) is 7.37. The molecular formula is C12H22FNO6. The summed E-state index contributed by atoms with van der Waals surface area (Å²) in [6, 6.07) is -0.669. The van der Waals surface area contributed by atoms with E-state index in [1.165, 1.54) is 6.92 Å². The first-order valence-corrected chi connectivity index (χ1v) is 6.28. The summed E-state index contributed by atoms with van der Waals surface area (Å²) in [5.74, 6) is -4.29. The van der Waals surface area contributed by atoms with Crippen LogP contribution in [0.25, 0.3) is 0 Å². The average molecular weight is 295 g/mol. The Kier molecular flexibility index (Phi) is 8.28. The van der Waals surface area contributed by atoms with E-state index in [1.54, 1.807) is 0 Å². The van der Waals surface area contributed by atoms with Crippen molar-refractivity contribution in [2.75, 3.05) is 13.7 Å². The number of nitrogens with one attached hydrogen (secondary N) is 1. The van der Waals surface area contributed by atoms with E-state index in [2.05, 4.69) is 10.1 Å². The van der Waals surface area contributed by atoms with Gasteiger partial charge in [-0.05, 0) is 12.8 Å². The number of rotatable bonds is 9. The minimum Gasteiger partial charge on any atom is -0.465 e. The van der Waals surface area contributed by atoms with Gasteiger partial charge in [-0.1, -0.05) is 0 Å². The van der Waals surface area contributed by atoms with E-state index in [0.29, 0.717) is 0 Å². The van der Waals surface area contributed by atoms with E-state index >= 15 is 0 Å². The standard InChI is InChI=1S/C12H22FNO6/c1-8(16)14-10(7-9(13)4-6-15)3-5-12(18,19)11(17)20-2/h9-10,15,18-19H,3-7H2,1-2H3,(H,14,16)/t9-,10?/m1/s1. The minimum atomic E-state index is -2.67. The predicted molar refractivity (Wildman–Crippen MR) is 67.2 cm³/mol. The lowest BCUT2D eigenvalue weighted by molar-refractivity contribution is -0.209. The van der Waals surface area contributed by atoms with E-state index in [0.717, 1.165) is 7.11 Å². The van der Waals surface area contributed by atoms with E-state index in [9.17, 15) is 24.2 Å². The molecule has 4 N–H and O–H groups in total. The molecule has 0 radical (unpaired) electrons. The van der Waals surface area contributed by atoms with Gasteiger partial charge in [0.15, 0.2) is 0 Å². The molecule has 2 atom stereocenters. The molecule has 1 amide bonds. The molecule has 8 heteroatoms. The first kappa shape index (κ1) is 18.8. The maximum Gasteiger partial charge on any atom is 0.366 e.